The van der Waals surface area contributed by atoms with Crippen LogP contribution in [0.2, 0.25) is 0 Å². The van der Waals surface area contributed by atoms with E-state index < -0.39 is 0 Å². The van der Waals surface area contributed by atoms with E-state index in [2.05, 4.69) is 30.0 Å². The van der Waals surface area contributed by atoms with Gasteiger partial charge in [0.2, 0.25) is 10.8 Å². The lowest BCUT2D eigenvalue weighted by Gasteiger charge is -2.37. The molecule has 0 saturated carbocycles. The normalized spacial score (nSPS) is 23.3. The Morgan fingerprint density at radius 1 is 1.17 bits per heavy atom. The Morgan fingerprint density at radius 2 is 1.86 bits per heavy atom. The summed E-state index contributed by atoms with van der Waals surface area (Å²) in [4.78, 5) is 7.52. The van der Waals surface area contributed by atoms with Crippen molar-refractivity contribution in [1.82, 2.24) is 14.6 Å². The first-order valence-electron chi connectivity index (χ1n) is 10.0. The van der Waals surface area contributed by atoms with Crippen LogP contribution in [-0.4, -0.2) is 47.0 Å². The standard InChI is InChI=1S/C21H28N4O3S/c1-12-8-13(2)11-24(10-12)18(15-6-7-16(27-4)17(9-15)28-5)19-20(26)25-21(29-19)22-14(3)23-25/h6-7,9,12-13,18,26H,8,10-11H2,1-5H3/p+1/t12-,13+,18-/m1/s1. The van der Waals surface area contributed by atoms with E-state index in [1.54, 1.807) is 18.7 Å². The number of piperidine rings is 1. The minimum Gasteiger partial charge on any atom is -0.493 e. The predicted octanol–water partition coefficient (Wildman–Crippen LogP) is 2.47. The Hall–Kier alpha value is -2.32. The van der Waals surface area contributed by atoms with E-state index in [0.29, 0.717) is 29.2 Å². The van der Waals surface area contributed by atoms with Crippen LogP contribution in [-0.2, 0) is 0 Å². The van der Waals surface area contributed by atoms with Crippen LogP contribution in [0.5, 0.6) is 17.4 Å². The van der Waals surface area contributed by atoms with Crippen LogP contribution < -0.4 is 14.4 Å². The molecule has 1 fully saturated rings. The van der Waals surface area contributed by atoms with Crippen molar-refractivity contribution in [3.8, 4) is 17.4 Å². The number of aromatic nitrogens is 3. The van der Waals surface area contributed by atoms with Crippen molar-refractivity contribution in [3.63, 3.8) is 0 Å². The second kappa shape index (κ2) is 7.84. The summed E-state index contributed by atoms with van der Waals surface area (Å²) in [7, 11) is 3.29. The summed E-state index contributed by atoms with van der Waals surface area (Å²) in [6.07, 6.45) is 1.24. The van der Waals surface area contributed by atoms with Gasteiger partial charge in [-0.3, -0.25) is 0 Å². The molecule has 1 aliphatic rings. The van der Waals surface area contributed by atoms with Gasteiger partial charge in [-0.2, -0.15) is 4.52 Å². The van der Waals surface area contributed by atoms with Crippen molar-refractivity contribution in [2.75, 3.05) is 27.3 Å². The Labute approximate surface area is 174 Å². The molecule has 0 aliphatic carbocycles. The van der Waals surface area contributed by atoms with Gasteiger partial charge < -0.3 is 19.5 Å². The number of ether oxygens (including phenoxy) is 2. The molecule has 0 radical (unpaired) electrons. The highest BCUT2D eigenvalue weighted by molar-refractivity contribution is 7.17. The SMILES string of the molecule is COc1ccc([C@H](c2sc3nc(C)nn3c2O)[NH+]2C[C@H](C)C[C@H](C)C2)cc1OC. The van der Waals surface area contributed by atoms with Crippen LogP contribution in [0.25, 0.3) is 4.96 Å². The third kappa shape index (κ3) is 3.67. The second-order valence-corrected chi connectivity index (χ2v) is 9.21. The highest BCUT2D eigenvalue weighted by Gasteiger charge is 2.37. The van der Waals surface area contributed by atoms with Crippen LogP contribution in [0.15, 0.2) is 18.2 Å². The van der Waals surface area contributed by atoms with Crippen molar-refractivity contribution in [2.24, 2.45) is 11.8 Å². The van der Waals surface area contributed by atoms with E-state index in [1.165, 1.54) is 22.7 Å². The van der Waals surface area contributed by atoms with Crippen molar-refractivity contribution in [2.45, 2.75) is 33.2 Å². The number of thiazole rings is 1. The van der Waals surface area contributed by atoms with Gasteiger partial charge in [-0.15, -0.1) is 5.10 Å². The molecule has 1 saturated heterocycles. The minimum absolute atomic E-state index is 0.0196. The second-order valence-electron chi connectivity index (χ2n) is 8.20. The zero-order chi connectivity index (χ0) is 20.7. The zero-order valence-corrected chi connectivity index (χ0v) is 18.4. The lowest BCUT2D eigenvalue weighted by atomic mass is 9.89. The highest BCUT2D eigenvalue weighted by atomic mass is 32.1. The number of quaternary nitrogens is 1. The smallest absolute Gasteiger partial charge is 0.235 e. The summed E-state index contributed by atoms with van der Waals surface area (Å²) in [5.41, 5.74) is 1.09. The maximum Gasteiger partial charge on any atom is 0.235 e. The van der Waals surface area contributed by atoms with E-state index in [0.717, 1.165) is 28.5 Å². The summed E-state index contributed by atoms with van der Waals surface area (Å²) >= 11 is 1.51. The van der Waals surface area contributed by atoms with Crippen LogP contribution in [0.4, 0.5) is 0 Å². The summed E-state index contributed by atoms with van der Waals surface area (Å²) < 4.78 is 12.5. The van der Waals surface area contributed by atoms with Crippen LogP contribution in [0.1, 0.15) is 42.6 Å². The molecule has 1 aliphatic heterocycles. The van der Waals surface area contributed by atoms with Gasteiger partial charge in [0.25, 0.3) is 0 Å². The van der Waals surface area contributed by atoms with Gasteiger partial charge in [0.05, 0.1) is 27.3 Å². The first kappa shape index (κ1) is 20.0. The molecule has 8 heteroatoms. The van der Waals surface area contributed by atoms with Crippen molar-refractivity contribution in [3.05, 3.63) is 34.5 Å². The summed E-state index contributed by atoms with van der Waals surface area (Å²) in [6.45, 7) is 8.56. The quantitative estimate of drug-likeness (QED) is 0.667. The maximum absolute atomic E-state index is 11.0. The lowest BCUT2D eigenvalue weighted by Crippen LogP contribution is -3.14. The van der Waals surface area contributed by atoms with E-state index in [9.17, 15) is 5.11 Å². The molecule has 3 heterocycles. The van der Waals surface area contributed by atoms with E-state index in [1.807, 2.05) is 19.1 Å². The molecular weight excluding hydrogens is 388 g/mol. The van der Waals surface area contributed by atoms with Gasteiger partial charge in [-0.25, -0.2) is 4.98 Å². The number of methoxy groups -OCH3 is 2. The topological polar surface area (TPSA) is 73.3 Å². The van der Waals surface area contributed by atoms with E-state index in [-0.39, 0.29) is 11.9 Å². The minimum atomic E-state index is -0.0196. The fraction of sp³-hybridized carbons (Fsp3) is 0.524. The third-order valence-corrected chi connectivity index (χ3v) is 6.83. The van der Waals surface area contributed by atoms with E-state index >= 15 is 0 Å². The number of nitrogens with one attached hydrogen (secondary N) is 1. The Morgan fingerprint density at radius 3 is 2.48 bits per heavy atom. The first-order valence-corrected chi connectivity index (χ1v) is 10.8. The van der Waals surface area contributed by atoms with E-state index in [4.69, 9.17) is 9.47 Å². The molecular formula is C21H29N4O3S+. The molecule has 29 heavy (non-hydrogen) atoms. The van der Waals surface area contributed by atoms with Gasteiger partial charge in [0.15, 0.2) is 17.5 Å². The molecule has 1 aromatic carbocycles. The monoisotopic (exact) mass is 417 g/mol. The van der Waals surface area contributed by atoms with Crippen molar-refractivity contribution in [1.29, 1.82) is 0 Å². The zero-order valence-electron chi connectivity index (χ0n) is 17.6. The largest absolute Gasteiger partial charge is 0.493 e. The molecule has 0 amide bonds. The number of aromatic hydroxyl groups is 1. The van der Waals surface area contributed by atoms with Crippen LogP contribution in [0.3, 0.4) is 0 Å². The average molecular weight is 418 g/mol. The first-order chi connectivity index (χ1) is 13.9. The molecule has 4 atom stereocenters. The van der Waals surface area contributed by atoms with Gasteiger partial charge >= 0.3 is 0 Å². The lowest BCUT2D eigenvalue weighted by molar-refractivity contribution is -0.936. The van der Waals surface area contributed by atoms with Crippen LogP contribution >= 0.6 is 11.3 Å². The summed E-state index contributed by atoms with van der Waals surface area (Å²) in [5.74, 6) is 3.50. The number of rotatable bonds is 5. The van der Waals surface area contributed by atoms with Crippen molar-refractivity contribution < 1.29 is 19.5 Å². The maximum atomic E-state index is 11.0. The third-order valence-electron chi connectivity index (χ3n) is 5.74. The number of fused-ring (bicyclic) bond motifs is 1. The van der Waals surface area contributed by atoms with Gasteiger partial charge in [-0.05, 0) is 31.5 Å². The van der Waals surface area contributed by atoms with Gasteiger partial charge in [0, 0.05) is 17.4 Å². The molecule has 4 rings (SSSR count). The summed E-state index contributed by atoms with van der Waals surface area (Å²) in [6, 6.07) is 6.02. The Balaban J connectivity index is 1.85. The fourth-order valence-electron chi connectivity index (χ4n) is 4.71. The molecule has 0 bridgehead atoms. The molecule has 2 N–H and O–H groups in total. The number of nitrogens with zero attached hydrogens (tertiary/aromatic N) is 3. The molecule has 7 nitrogen and oxygen atoms in total. The number of hydrogen-bond acceptors (Lipinski definition) is 6. The average Bonchev–Trinajstić information content (AvgIpc) is 3.18. The Bertz CT molecular complexity index is 1000. The van der Waals surface area contributed by atoms with Gasteiger partial charge in [-0.1, -0.05) is 25.2 Å². The van der Waals surface area contributed by atoms with Crippen molar-refractivity contribution >= 4 is 16.3 Å². The van der Waals surface area contributed by atoms with Crippen LogP contribution in [0, 0.1) is 18.8 Å². The fourth-order valence-corrected chi connectivity index (χ4v) is 5.90. The number of aryl methyl sites for hydroxylation is 1. The Kier molecular flexibility index (Phi) is 5.40. The molecule has 1 unspecified atom stereocenters. The number of hydrogen-bond donors (Lipinski definition) is 2. The molecule has 2 aromatic heterocycles. The molecule has 156 valence electrons. The van der Waals surface area contributed by atoms with Gasteiger partial charge in [0.1, 0.15) is 10.7 Å². The molecule has 0 spiro atoms. The summed E-state index contributed by atoms with van der Waals surface area (Å²) in [5, 5.41) is 15.4. The predicted molar refractivity (Wildman–Crippen MR) is 112 cm³/mol. The molecule has 3 aromatic rings. The number of benzene rings is 1. The number of likely N-dealkylation sites (tertiary alicyclic amines) is 1. The highest BCUT2D eigenvalue weighted by Crippen LogP contribution is 2.38.